The predicted molar refractivity (Wildman–Crippen MR) is 59.3 cm³/mol. The van der Waals surface area contributed by atoms with Gasteiger partial charge in [0.05, 0.1) is 10.6 Å². The molecule has 92 valence electrons. The van der Waals surface area contributed by atoms with Gasteiger partial charge in [0.1, 0.15) is 0 Å². The van der Waals surface area contributed by atoms with Gasteiger partial charge in [0, 0.05) is 18.3 Å². The normalized spacial score (nSPS) is 10.3. The number of rotatable bonds is 2. The van der Waals surface area contributed by atoms with Crippen LogP contribution in [0, 0.1) is 15.9 Å². The highest BCUT2D eigenvalue weighted by Crippen LogP contribution is 2.19. The number of benzene rings is 1. The van der Waals surface area contributed by atoms with Crippen molar-refractivity contribution in [3.8, 4) is 5.69 Å². The average molecular weight is 251 g/mol. The van der Waals surface area contributed by atoms with Crippen LogP contribution < -0.4 is 11.2 Å². The number of halogens is 1. The summed E-state index contributed by atoms with van der Waals surface area (Å²) in [6, 6.07) is 4.07. The first kappa shape index (κ1) is 11.7. The SMILES string of the molecule is O=c1ccn(-c2ccc(F)c([N+](=O)[O-])c2)c(=O)[nH]1. The molecule has 1 heterocycles. The van der Waals surface area contributed by atoms with E-state index in [1.54, 1.807) is 0 Å². The Bertz CT molecular complexity index is 734. The van der Waals surface area contributed by atoms with Crippen LogP contribution in [0.5, 0.6) is 0 Å². The van der Waals surface area contributed by atoms with Gasteiger partial charge in [-0.1, -0.05) is 0 Å². The minimum Gasteiger partial charge on any atom is -0.274 e. The summed E-state index contributed by atoms with van der Waals surface area (Å²) in [7, 11) is 0. The first-order chi connectivity index (χ1) is 8.49. The van der Waals surface area contributed by atoms with Gasteiger partial charge in [-0.2, -0.15) is 4.39 Å². The topological polar surface area (TPSA) is 98.0 Å². The molecular weight excluding hydrogens is 245 g/mol. The van der Waals surface area contributed by atoms with Crippen LogP contribution in [0.3, 0.4) is 0 Å². The number of nitro benzene ring substituents is 1. The number of H-pyrrole nitrogens is 1. The van der Waals surface area contributed by atoms with E-state index in [2.05, 4.69) is 0 Å². The Morgan fingerprint density at radius 1 is 1.28 bits per heavy atom. The molecule has 2 rings (SSSR count). The average Bonchev–Trinajstić information content (AvgIpc) is 2.30. The van der Waals surface area contributed by atoms with Crippen molar-refractivity contribution in [3.63, 3.8) is 0 Å². The zero-order chi connectivity index (χ0) is 13.3. The Labute approximate surface area is 98.3 Å². The lowest BCUT2D eigenvalue weighted by atomic mass is 10.2. The molecule has 0 bridgehead atoms. The molecule has 0 saturated carbocycles. The summed E-state index contributed by atoms with van der Waals surface area (Å²) in [5.74, 6) is -0.999. The van der Waals surface area contributed by atoms with Crippen molar-refractivity contribution in [1.29, 1.82) is 0 Å². The largest absolute Gasteiger partial charge is 0.332 e. The smallest absolute Gasteiger partial charge is 0.274 e. The first-order valence-corrected chi connectivity index (χ1v) is 4.75. The van der Waals surface area contributed by atoms with Crippen molar-refractivity contribution in [2.75, 3.05) is 0 Å². The maximum absolute atomic E-state index is 13.1. The van der Waals surface area contributed by atoms with E-state index in [0.717, 1.165) is 29.0 Å². The molecule has 0 saturated heterocycles. The van der Waals surface area contributed by atoms with Crippen LogP contribution in [-0.4, -0.2) is 14.5 Å². The van der Waals surface area contributed by atoms with E-state index in [0.29, 0.717) is 0 Å². The van der Waals surface area contributed by atoms with Crippen molar-refractivity contribution >= 4 is 5.69 Å². The molecule has 0 aliphatic carbocycles. The van der Waals surface area contributed by atoms with Gasteiger partial charge < -0.3 is 0 Å². The van der Waals surface area contributed by atoms with Crippen LogP contribution in [0.25, 0.3) is 5.69 Å². The summed E-state index contributed by atoms with van der Waals surface area (Å²) in [5, 5.41) is 10.6. The Kier molecular flexibility index (Phi) is 2.76. The number of aromatic nitrogens is 2. The van der Waals surface area contributed by atoms with Crippen molar-refractivity contribution < 1.29 is 9.31 Å². The molecular formula is C10H6FN3O4. The van der Waals surface area contributed by atoms with Gasteiger partial charge in [0.15, 0.2) is 0 Å². The molecule has 7 nitrogen and oxygen atoms in total. The van der Waals surface area contributed by atoms with Crippen molar-refractivity contribution in [3.05, 3.63) is 67.2 Å². The molecule has 1 aromatic carbocycles. The molecule has 0 aliphatic rings. The second-order valence-corrected chi connectivity index (χ2v) is 3.37. The highest BCUT2D eigenvalue weighted by molar-refractivity contribution is 5.44. The van der Waals surface area contributed by atoms with Crippen molar-refractivity contribution in [1.82, 2.24) is 9.55 Å². The molecule has 2 aromatic rings. The lowest BCUT2D eigenvalue weighted by Gasteiger charge is -2.04. The monoisotopic (exact) mass is 251 g/mol. The van der Waals surface area contributed by atoms with E-state index in [9.17, 15) is 24.1 Å². The van der Waals surface area contributed by atoms with E-state index in [1.807, 2.05) is 4.98 Å². The lowest BCUT2D eigenvalue weighted by molar-refractivity contribution is -0.387. The fourth-order valence-electron chi connectivity index (χ4n) is 1.41. The van der Waals surface area contributed by atoms with Crippen LogP contribution >= 0.6 is 0 Å². The standard InChI is InChI=1S/C10H6FN3O4/c11-7-2-1-6(5-8(7)14(17)18)13-4-3-9(15)12-10(13)16/h1-5H,(H,12,15,16). The Morgan fingerprint density at radius 2 is 2.00 bits per heavy atom. The minimum atomic E-state index is -0.999. The van der Waals surface area contributed by atoms with E-state index < -0.39 is 27.7 Å². The maximum Gasteiger partial charge on any atom is 0.332 e. The van der Waals surface area contributed by atoms with E-state index in [4.69, 9.17) is 0 Å². The summed E-state index contributed by atoms with van der Waals surface area (Å²) in [5.41, 5.74) is -2.01. The molecule has 0 unspecified atom stereocenters. The third kappa shape index (κ3) is 2.03. The Hall–Kier alpha value is -2.77. The fraction of sp³-hybridized carbons (Fsp3) is 0. The maximum atomic E-state index is 13.1. The third-order valence-corrected chi connectivity index (χ3v) is 2.23. The molecule has 0 aliphatic heterocycles. The van der Waals surface area contributed by atoms with Gasteiger partial charge in [-0.25, -0.2) is 4.79 Å². The minimum absolute atomic E-state index is 0.0874. The molecule has 8 heteroatoms. The van der Waals surface area contributed by atoms with Gasteiger partial charge in [-0.15, -0.1) is 0 Å². The number of nitrogens with zero attached hydrogens (tertiary/aromatic N) is 2. The molecule has 0 spiro atoms. The second kappa shape index (κ2) is 4.24. The summed E-state index contributed by atoms with van der Waals surface area (Å²) < 4.78 is 14.1. The number of nitro groups is 1. The number of hydrogen-bond donors (Lipinski definition) is 1. The molecule has 0 fully saturated rings. The third-order valence-electron chi connectivity index (χ3n) is 2.23. The van der Waals surface area contributed by atoms with Gasteiger partial charge in [-0.05, 0) is 12.1 Å². The van der Waals surface area contributed by atoms with Gasteiger partial charge >= 0.3 is 11.4 Å². The summed E-state index contributed by atoms with van der Waals surface area (Å²) >= 11 is 0. The molecule has 0 atom stereocenters. The molecule has 0 amide bonds. The fourth-order valence-corrected chi connectivity index (χ4v) is 1.41. The zero-order valence-corrected chi connectivity index (χ0v) is 8.79. The quantitative estimate of drug-likeness (QED) is 0.623. The number of aromatic amines is 1. The second-order valence-electron chi connectivity index (χ2n) is 3.37. The molecule has 1 N–H and O–H groups in total. The lowest BCUT2D eigenvalue weighted by Crippen LogP contribution is -2.27. The Balaban J connectivity index is 2.65. The van der Waals surface area contributed by atoms with Gasteiger partial charge in [-0.3, -0.25) is 24.5 Å². The predicted octanol–water partition coefficient (Wildman–Crippen LogP) is 0.573. The van der Waals surface area contributed by atoms with Crippen LogP contribution in [0.2, 0.25) is 0 Å². The van der Waals surface area contributed by atoms with E-state index in [1.165, 1.54) is 6.07 Å². The van der Waals surface area contributed by atoms with Gasteiger partial charge in [0.25, 0.3) is 5.56 Å². The van der Waals surface area contributed by atoms with E-state index in [-0.39, 0.29) is 5.69 Å². The van der Waals surface area contributed by atoms with Crippen LogP contribution in [0.1, 0.15) is 0 Å². The van der Waals surface area contributed by atoms with Crippen molar-refractivity contribution in [2.45, 2.75) is 0 Å². The number of hydrogen-bond acceptors (Lipinski definition) is 4. The van der Waals surface area contributed by atoms with Crippen molar-refractivity contribution in [2.24, 2.45) is 0 Å². The van der Waals surface area contributed by atoms with Crippen LogP contribution in [-0.2, 0) is 0 Å². The highest BCUT2D eigenvalue weighted by atomic mass is 19.1. The van der Waals surface area contributed by atoms with Crippen LogP contribution in [0.4, 0.5) is 10.1 Å². The van der Waals surface area contributed by atoms with Gasteiger partial charge in [0.2, 0.25) is 5.82 Å². The first-order valence-electron chi connectivity index (χ1n) is 4.75. The number of nitrogens with one attached hydrogen (secondary N) is 1. The van der Waals surface area contributed by atoms with Crippen LogP contribution in [0.15, 0.2) is 40.1 Å². The summed E-state index contributed by atoms with van der Waals surface area (Å²) in [6.07, 6.45) is 1.15. The van der Waals surface area contributed by atoms with E-state index >= 15 is 0 Å². The highest BCUT2D eigenvalue weighted by Gasteiger charge is 2.15. The summed E-state index contributed by atoms with van der Waals surface area (Å²) in [6.45, 7) is 0. The zero-order valence-electron chi connectivity index (χ0n) is 8.79. The Morgan fingerprint density at radius 3 is 2.61 bits per heavy atom. The molecule has 18 heavy (non-hydrogen) atoms. The summed E-state index contributed by atoms with van der Waals surface area (Å²) in [4.78, 5) is 34.0. The molecule has 0 radical (unpaired) electrons. The molecule has 1 aromatic heterocycles.